The summed E-state index contributed by atoms with van der Waals surface area (Å²) in [6.07, 6.45) is 0.244. The maximum Gasteiger partial charge on any atom is 0.307 e. The van der Waals surface area contributed by atoms with E-state index in [1.54, 1.807) is 0 Å². The van der Waals surface area contributed by atoms with Gasteiger partial charge in [0.15, 0.2) is 0 Å². The third-order valence-electron chi connectivity index (χ3n) is 2.91. The summed E-state index contributed by atoms with van der Waals surface area (Å²) in [6, 6.07) is 0.189. The van der Waals surface area contributed by atoms with Gasteiger partial charge >= 0.3 is 11.9 Å². The molecule has 0 aliphatic carbocycles. The van der Waals surface area contributed by atoms with E-state index in [1.807, 2.05) is 18.7 Å². The van der Waals surface area contributed by atoms with Gasteiger partial charge in [-0.05, 0) is 20.3 Å². The molecular formula is C10H17NO4. The fourth-order valence-corrected chi connectivity index (χ4v) is 1.91. The molecule has 0 amide bonds. The second-order valence-corrected chi connectivity index (χ2v) is 4.35. The molecule has 1 fully saturated rings. The molecule has 1 aliphatic heterocycles. The van der Waals surface area contributed by atoms with Crippen LogP contribution in [-0.2, 0) is 9.59 Å². The molecule has 1 saturated heterocycles. The third-order valence-corrected chi connectivity index (χ3v) is 2.91. The number of likely N-dealkylation sites (tertiary alicyclic amines) is 1. The van der Waals surface area contributed by atoms with Gasteiger partial charge in [-0.3, -0.25) is 14.5 Å². The Morgan fingerprint density at radius 3 is 1.80 bits per heavy atom. The highest BCUT2D eigenvalue weighted by molar-refractivity contribution is 5.74. The van der Waals surface area contributed by atoms with Crippen molar-refractivity contribution in [3.63, 3.8) is 0 Å². The number of carbonyl (C=O) groups is 2. The maximum absolute atomic E-state index is 10.9. The van der Waals surface area contributed by atoms with Crippen LogP contribution in [0.2, 0.25) is 0 Å². The average Bonchev–Trinajstić information content (AvgIpc) is 2.16. The van der Waals surface area contributed by atoms with Crippen LogP contribution in [0.1, 0.15) is 20.3 Å². The number of carboxylic acids is 2. The van der Waals surface area contributed by atoms with Gasteiger partial charge in [-0.25, -0.2) is 0 Å². The summed E-state index contributed by atoms with van der Waals surface area (Å²) < 4.78 is 0. The molecule has 2 atom stereocenters. The van der Waals surface area contributed by atoms with Crippen LogP contribution in [0.15, 0.2) is 0 Å². The molecule has 0 bridgehead atoms. The molecular weight excluding hydrogens is 198 g/mol. The minimum Gasteiger partial charge on any atom is -0.481 e. The Bertz CT molecular complexity index is 242. The molecule has 0 saturated carbocycles. The quantitative estimate of drug-likeness (QED) is 0.717. The van der Waals surface area contributed by atoms with Crippen LogP contribution < -0.4 is 0 Å². The van der Waals surface area contributed by atoms with Gasteiger partial charge in [0.05, 0.1) is 11.8 Å². The first-order valence-electron chi connectivity index (χ1n) is 5.11. The molecule has 0 spiro atoms. The monoisotopic (exact) mass is 215 g/mol. The average molecular weight is 215 g/mol. The lowest BCUT2D eigenvalue weighted by Gasteiger charge is -2.36. The Balaban J connectivity index is 2.72. The van der Waals surface area contributed by atoms with Crippen molar-refractivity contribution >= 4 is 11.9 Å². The van der Waals surface area contributed by atoms with Crippen LogP contribution in [0.5, 0.6) is 0 Å². The van der Waals surface area contributed by atoms with Crippen LogP contribution in [0.3, 0.4) is 0 Å². The molecule has 1 heterocycles. The van der Waals surface area contributed by atoms with E-state index in [4.69, 9.17) is 10.2 Å². The number of carboxylic acid groups (broad SMARTS) is 2. The number of hydrogen-bond donors (Lipinski definition) is 2. The maximum atomic E-state index is 10.9. The summed E-state index contributed by atoms with van der Waals surface area (Å²) in [4.78, 5) is 23.7. The van der Waals surface area contributed by atoms with E-state index in [0.717, 1.165) is 0 Å². The van der Waals surface area contributed by atoms with Crippen molar-refractivity contribution < 1.29 is 19.8 Å². The second-order valence-electron chi connectivity index (χ2n) is 4.35. The van der Waals surface area contributed by atoms with E-state index >= 15 is 0 Å². The Labute approximate surface area is 88.7 Å². The molecule has 86 valence electrons. The van der Waals surface area contributed by atoms with E-state index in [1.165, 1.54) is 0 Å². The number of hydrogen-bond acceptors (Lipinski definition) is 3. The van der Waals surface area contributed by atoms with Gasteiger partial charge in [-0.2, -0.15) is 0 Å². The first kappa shape index (κ1) is 12.0. The highest BCUT2D eigenvalue weighted by Crippen LogP contribution is 2.23. The van der Waals surface area contributed by atoms with Crippen molar-refractivity contribution in [3.05, 3.63) is 0 Å². The first-order valence-corrected chi connectivity index (χ1v) is 5.11. The molecule has 0 aromatic rings. The molecule has 15 heavy (non-hydrogen) atoms. The number of piperidine rings is 1. The molecule has 0 aromatic heterocycles. The standard InChI is InChI=1S/C10H17NO4/c1-6(2)11-4-7(9(12)13)3-8(5-11)10(14)15/h6-8H,3-5H2,1-2H3,(H,12,13)(H,14,15)/t7-,8-/m1/s1. The lowest BCUT2D eigenvalue weighted by atomic mass is 9.88. The summed E-state index contributed by atoms with van der Waals surface area (Å²) >= 11 is 0. The van der Waals surface area contributed by atoms with Crippen LogP contribution in [-0.4, -0.2) is 46.2 Å². The van der Waals surface area contributed by atoms with Crippen molar-refractivity contribution in [3.8, 4) is 0 Å². The molecule has 5 heteroatoms. The Morgan fingerprint density at radius 1 is 1.13 bits per heavy atom. The van der Waals surface area contributed by atoms with E-state index in [9.17, 15) is 9.59 Å². The minimum absolute atomic E-state index is 0.189. The zero-order valence-electron chi connectivity index (χ0n) is 9.01. The summed E-state index contributed by atoms with van der Waals surface area (Å²) in [5.41, 5.74) is 0. The van der Waals surface area contributed by atoms with Crippen molar-refractivity contribution in [2.24, 2.45) is 11.8 Å². The van der Waals surface area contributed by atoms with Gasteiger partial charge in [0.1, 0.15) is 0 Å². The van der Waals surface area contributed by atoms with E-state index in [2.05, 4.69) is 0 Å². The van der Waals surface area contributed by atoms with Crippen molar-refractivity contribution in [1.82, 2.24) is 4.90 Å². The van der Waals surface area contributed by atoms with Crippen molar-refractivity contribution in [1.29, 1.82) is 0 Å². The van der Waals surface area contributed by atoms with Gasteiger partial charge < -0.3 is 10.2 Å². The Kier molecular flexibility index (Phi) is 3.68. The molecule has 5 nitrogen and oxygen atoms in total. The lowest BCUT2D eigenvalue weighted by molar-refractivity contribution is -0.150. The molecule has 2 N–H and O–H groups in total. The van der Waals surface area contributed by atoms with Crippen LogP contribution >= 0.6 is 0 Å². The third kappa shape index (κ3) is 2.92. The van der Waals surface area contributed by atoms with Crippen LogP contribution in [0.4, 0.5) is 0 Å². The predicted octanol–water partition coefficient (Wildman–Crippen LogP) is 0.502. The number of aliphatic carboxylic acids is 2. The Hall–Kier alpha value is -1.10. The summed E-state index contributed by atoms with van der Waals surface area (Å²) in [6.45, 7) is 4.81. The summed E-state index contributed by atoms with van der Waals surface area (Å²) in [7, 11) is 0. The fraction of sp³-hybridized carbons (Fsp3) is 0.800. The summed E-state index contributed by atoms with van der Waals surface area (Å²) in [5.74, 6) is -2.90. The fourth-order valence-electron chi connectivity index (χ4n) is 1.91. The summed E-state index contributed by atoms with van der Waals surface area (Å²) in [5, 5.41) is 17.8. The molecule has 0 unspecified atom stereocenters. The van der Waals surface area contributed by atoms with E-state index in [0.29, 0.717) is 13.1 Å². The van der Waals surface area contributed by atoms with Crippen LogP contribution in [0, 0.1) is 11.8 Å². The van der Waals surface area contributed by atoms with Crippen molar-refractivity contribution in [2.45, 2.75) is 26.3 Å². The van der Waals surface area contributed by atoms with Crippen LogP contribution in [0.25, 0.3) is 0 Å². The van der Waals surface area contributed by atoms with E-state index in [-0.39, 0.29) is 12.5 Å². The SMILES string of the molecule is CC(C)N1C[C@H](C(=O)O)C[C@@H](C(=O)O)C1. The zero-order chi connectivity index (χ0) is 11.6. The number of rotatable bonds is 3. The topological polar surface area (TPSA) is 77.8 Å². The molecule has 1 rings (SSSR count). The van der Waals surface area contributed by atoms with Gasteiger partial charge in [0, 0.05) is 19.1 Å². The Morgan fingerprint density at radius 2 is 1.53 bits per heavy atom. The lowest BCUT2D eigenvalue weighted by Crippen LogP contribution is -2.48. The normalized spacial score (nSPS) is 27.9. The zero-order valence-corrected chi connectivity index (χ0v) is 9.01. The van der Waals surface area contributed by atoms with Crippen molar-refractivity contribution in [2.75, 3.05) is 13.1 Å². The highest BCUT2D eigenvalue weighted by Gasteiger charge is 2.35. The minimum atomic E-state index is -0.897. The molecule has 0 aromatic carbocycles. The van der Waals surface area contributed by atoms with Gasteiger partial charge in [0.25, 0.3) is 0 Å². The van der Waals surface area contributed by atoms with Gasteiger partial charge in [0.2, 0.25) is 0 Å². The molecule has 0 radical (unpaired) electrons. The predicted molar refractivity (Wildman–Crippen MR) is 53.6 cm³/mol. The molecule has 1 aliphatic rings. The first-order chi connectivity index (χ1) is 6.91. The smallest absolute Gasteiger partial charge is 0.307 e. The highest BCUT2D eigenvalue weighted by atomic mass is 16.4. The van der Waals surface area contributed by atoms with E-state index < -0.39 is 23.8 Å². The second kappa shape index (κ2) is 4.61. The van der Waals surface area contributed by atoms with Gasteiger partial charge in [-0.15, -0.1) is 0 Å². The van der Waals surface area contributed by atoms with Gasteiger partial charge in [-0.1, -0.05) is 0 Å². The largest absolute Gasteiger partial charge is 0.481 e. The number of nitrogens with zero attached hydrogens (tertiary/aromatic N) is 1.